The molecule has 1 aromatic heterocycles. The first-order valence-corrected chi connectivity index (χ1v) is 10.6. The van der Waals surface area contributed by atoms with E-state index in [4.69, 9.17) is 23.2 Å². The van der Waals surface area contributed by atoms with Crippen LogP contribution in [-0.4, -0.2) is 33.8 Å². The number of thioether (sulfide) groups is 1. The van der Waals surface area contributed by atoms with Gasteiger partial charge >= 0.3 is 0 Å². The Hall–Kier alpha value is -1.35. The van der Waals surface area contributed by atoms with Crippen LogP contribution in [0.4, 0.5) is 5.13 Å². The lowest BCUT2D eigenvalue weighted by molar-refractivity contribution is -0.119. The lowest BCUT2D eigenvalue weighted by Crippen LogP contribution is -2.33. The standard InChI is InChI=1S/C16H16Cl2N4O2S2/c17-9-5-6-11(12(18)7-9)14(24)20-15-21-22-16(26-15)25-8-13(23)19-10-3-1-2-4-10/h5-7,10H,1-4,8H2,(H,19,23)(H,20,21,24). The number of amides is 2. The molecule has 26 heavy (non-hydrogen) atoms. The van der Waals surface area contributed by atoms with Crippen LogP contribution in [0.2, 0.25) is 10.0 Å². The first-order chi connectivity index (χ1) is 12.5. The number of carbonyl (C=O) groups excluding carboxylic acids is 2. The van der Waals surface area contributed by atoms with Gasteiger partial charge in [-0.2, -0.15) is 0 Å². The van der Waals surface area contributed by atoms with Crippen molar-refractivity contribution in [3.8, 4) is 0 Å². The molecule has 1 fully saturated rings. The summed E-state index contributed by atoms with van der Waals surface area (Å²) in [6, 6.07) is 4.94. The maximum Gasteiger partial charge on any atom is 0.259 e. The van der Waals surface area contributed by atoms with E-state index in [2.05, 4.69) is 20.8 Å². The number of carbonyl (C=O) groups is 2. The van der Waals surface area contributed by atoms with Crippen molar-refractivity contribution in [2.24, 2.45) is 0 Å². The van der Waals surface area contributed by atoms with Gasteiger partial charge in [-0.25, -0.2) is 0 Å². The number of hydrogen-bond donors (Lipinski definition) is 2. The summed E-state index contributed by atoms with van der Waals surface area (Å²) in [5.74, 6) is -0.115. The highest BCUT2D eigenvalue weighted by atomic mass is 35.5. The molecule has 1 aliphatic rings. The Bertz CT molecular complexity index is 809. The van der Waals surface area contributed by atoms with Crippen LogP contribution in [-0.2, 0) is 4.79 Å². The van der Waals surface area contributed by atoms with E-state index in [1.54, 1.807) is 12.1 Å². The molecule has 10 heteroatoms. The number of nitrogens with one attached hydrogen (secondary N) is 2. The molecular formula is C16H16Cl2N4O2S2. The van der Waals surface area contributed by atoms with Crippen LogP contribution >= 0.6 is 46.3 Å². The monoisotopic (exact) mass is 430 g/mol. The zero-order valence-electron chi connectivity index (χ0n) is 13.6. The second kappa shape index (κ2) is 9.03. The minimum Gasteiger partial charge on any atom is -0.353 e. The third-order valence-corrected chi connectivity index (χ3v) is 6.37. The van der Waals surface area contributed by atoms with Crippen LogP contribution in [0.25, 0.3) is 0 Å². The van der Waals surface area contributed by atoms with E-state index < -0.39 is 5.91 Å². The van der Waals surface area contributed by atoms with Crippen molar-refractivity contribution < 1.29 is 9.59 Å². The summed E-state index contributed by atoms with van der Waals surface area (Å²) < 4.78 is 0.615. The molecule has 0 spiro atoms. The highest BCUT2D eigenvalue weighted by Gasteiger charge is 2.18. The summed E-state index contributed by atoms with van der Waals surface area (Å²) in [5, 5.41) is 14.6. The Morgan fingerprint density at radius 3 is 2.73 bits per heavy atom. The zero-order chi connectivity index (χ0) is 18.5. The van der Waals surface area contributed by atoms with E-state index >= 15 is 0 Å². The quantitative estimate of drug-likeness (QED) is 0.528. The Labute approximate surface area is 169 Å². The smallest absolute Gasteiger partial charge is 0.259 e. The van der Waals surface area contributed by atoms with Gasteiger partial charge in [-0.1, -0.05) is 59.1 Å². The molecule has 0 bridgehead atoms. The summed E-state index contributed by atoms with van der Waals surface area (Å²) in [4.78, 5) is 24.2. The van der Waals surface area contributed by atoms with Crippen molar-refractivity contribution in [1.29, 1.82) is 0 Å². The Balaban J connectivity index is 1.51. The molecule has 1 heterocycles. The molecule has 2 N–H and O–H groups in total. The summed E-state index contributed by atoms with van der Waals surface area (Å²) in [6.45, 7) is 0. The summed E-state index contributed by atoms with van der Waals surface area (Å²) in [7, 11) is 0. The Kier molecular flexibility index (Phi) is 6.74. The van der Waals surface area contributed by atoms with Gasteiger partial charge in [0.05, 0.1) is 16.3 Å². The normalized spacial score (nSPS) is 14.4. The summed E-state index contributed by atoms with van der Waals surface area (Å²) >= 11 is 14.4. The fraction of sp³-hybridized carbons (Fsp3) is 0.375. The van der Waals surface area contributed by atoms with E-state index in [1.165, 1.54) is 42.0 Å². The lowest BCUT2D eigenvalue weighted by atomic mass is 10.2. The molecule has 0 unspecified atom stereocenters. The summed E-state index contributed by atoms with van der Waals surface area (Å²) in [6.07, 6.45) is 4.46. The van der Waals surface area contributed by atoms with Crippen LogP contribution in [0, 0.1) is 0 Å². The van der Waals surface area contributed by atoms with Crippen molar-refractivity contribution in [2.45, 2.75) is 36.1 Å². The first-order valence-electron chi connectivity index (χ1n) is 8.03. The van der Waals surface area contributed by atoms with E-state index in [9.17, 15) is 9.59 Å². The van der Waals surface area contributed by atoms with Crippen molar-refractivity contribution in [3.05, 3.63) is 33.8 Å². The lowest BCUT2D eigenvalue weighted by Gasteiger charge is -2.10. The van der Waals surface area contributed by atoms with E-state index in [0.717, 1.165) is 12.8 Å². The number of aromatic nitrogens is 2. The van der Waals surface area contributed by atoms with Gasteiger partial charge in [0.15, 0.2) is 4.34 Å². The minimum atomic E-state index is -0.390. The van der Waals surface area contributed by atoms with Gasteiger partial charge < -0.3 is 5.32 Å². The number of rotatable bonds is 6. The van der Waals surface area contributed by atoms with Gasteiger partial charge in [0.25, 0.3) is 5.91 Å². The second-order valence-corrected chi connectivity index (χ2v) is 8.83. The molecule has 2 aromatic rings. The third kappa shape index (κ3) is 5.33. The van der Waals surface area contributed by atoms with Gasteiger partial charge in [-0.3, -0.25) is 14.9 Å². The molecule has 3 rings (SSSR count). The van der Waals surface area contributed by atoms with Gasteiger partial charge in [-0.05, 0) is 31.0 Å². The minimum absolute atomic E-state index is 0.00404. The highest BCUT2D eigenvalue weighted by Crippen LogP contribution is 2.27. The largest absolute Gasteiger partial charge is 0.353 e. The number of nitrogens with zero attached hydrogens (tertiary/aromatic N) is 2. The Morgan fingerprint density at radius 2 is 2.00 bits per heavy atom. The molecule has 0 saturated heterocycles. The zero-order valence-corrected chi connectivity index (χ0v) is 16.8. The van der Waals surface area contributed by atoms with Crippen molar-refractivity contribution in [2.75, 3.05) is 11.1 Å². The van der Waals surface area contributed by atoms with Crippen LogP contribution in [0.15, 0.2) is 22.5 Å². The van der Waals surface area contributed by atoms with Crippen LogP contribution in [0.5, 0.6) is 0 Å². The molecule has 0 atom stereocenters. The first kappa shape index (κ1) is 19.4. The maximum atomic E-state index is 12.2. The molecule has 6 nitrogen and oxygen atoms in total. The average Bonchev–Trinajstić information content (AvgIpc) is 3.24. The second-order valence-electron chi connectivity index (χ2n) is 5.79. The topological polar surface area (TPSA) is 84.0 Å². The maximum absolute atomic E-state index is 12.2. The SMILES string of the molecule is O=C(CSc1nnc(NC(=O)c2ccc(Cl)cc2Cl)s1)NC1CCCC1. The van der Waals surface area contributed by atoms with Gasteiger partial charge in [0.2, 0.25) is 11.0 Å². The highest BCUT2D eigenvalue weighted by molar-refractivity contribution is 8.01. The summed E-state index contributed by atoms with van der Waals surface area (Å²) in [5.41, 5.74) is 0.302. The molecule has 0 radical (unpaired) electrons. The molecule has 1 saturated carbocycles. The number of benzene rings is 1. The molecule has 1 aromatic carbocycles. The average molecular weight is 431 g/mol. The molecule has 138 valence electrons. The van der Waals surface area contributed by atoms with E-state index in [0.29, 0.717) is 26.1 Å². The Morgan fingerprint density at radius 1 is 1.23 bits per heavy atom. The third-order valence-electron chi connectivity index (χ3n) is 3.85. The van der Waals surface area contributed by atoms with Crippen molar-refractivity contribution in [1.82, 2.24) is 15.5 Å². The van der Waals surface area contributed by atoms with Crippen LogP contribution in [0.3, 0.4) is 0 Å². The molecule has 0 aliphatic heterocycles. The van der Waals surface area contributed by atoms with Crippen LogP contribution < -0.4 is 10.6 Å². The molecule has 1 aliphatic carbocycles. The number of anilines is 1. The fourth-order valence-electron chi connectivity index (χ4n) is 2.62. The van der Waals surface area contributed by atoms with Gasteiger partial charge in [0, 0.05) is 11.1 Å². The van der Waals surface area contributed by atoms with Crippen molar-refractivity contribution >= 4 is 63.2 Å². The van der Waals surface area contributed by atoms with E-state index in [-0.39, 0.29) is 16.7 Å². The van der Waals surface area contributed by atoms with Crippen molar-refractivity contribution in [3.63, 3.8) is 0 Å². The van der Waals surface area contributed by atoms with Gasteiger partial charge in [-0.15, -0.1) is 10.2 Å². The van der Waals surface area contributed by atoms with Crippen LogP contribution in [0.1, 0.15) is 36.0 Å². The predicted octanol–water partition coefficient (Wildman–Crippen LogP) is 4.25. The molecule has 2 amide bonds. The fourth-order valence-corrected chi connectivity index (χ4v) is 4.68. The number of hydrogen-bond acceptors (Lipinski definition) is 6. The van der Waals surface area contributed by atoms with E-state index in [1.807, 2.05) is 0 Å². The molecular weight excluding hydrogens is 415 g/mol. The predicted molar refractivity (Wildman–Crippen MR) is 105 cm³/mol. The van der Waals surface area contributed by atoms with Gasteiger partial charge in [0.1, 0.15) is 0 Å². The number of halogens is 2.